The first kappa shape index (κ1) is 14.8. The minimum absolute atomic E-state index is 0.0849. The van der Waals surface area contributed by atoms with Gasteiger partial charge in [-0.05, 0) is 24.3 Å². The lowest BCUT2D eigenvalue weighted by Crippen LogP contribution is -2.21. The van der Waals surface area contributed by atoms with Crippen LogP contribution in [0, 0.1) is 5.41 Å². The summed E-state index contributed by atoms with van der Waals surface area (Å²) in [4.78, 5) is 23.7. The van der Waals surface area contributed by atoms with Crippen molar-refractivity contribution in [3.05, 3.63) is 24.3 Å². The molecule has 0 radical (unpaired) electrons. The first-order chi connectivity index (χ1) is 8.29. The van der Waals surface area contributed by atoms with Crippen LogP contribution < -0.4 is 5.32 Å². The summed E-state index contributed by atoms with van der Waals surface area (Å²) >= 11 is 1.52. The highest BCUT2D eigenvalue weighted by Gasteiger charge is 2.20. The highest BCUT2D eigenvalue weighted by Crippen LogP contribution is 2.24. The maximum atomic E-state index is 11.8. The van der Waals surface area contributed by atoms with Crippen molar-refractivity contribution in [2.24, 2.45) is 5.41 Å². The Morgan fingerprint density at radius 1 is 1.17 bits per heavy atom. The summed E-state index contributed by atoms with van der Waals surface area (Å²) in [7, 11) is 0. The van der Waals surface area contributed by atoms with Gasteiger partial charge in [-0.2, -0.15) is 0 Å². The minimum atomic E-state index is -0.289. The van der Waals surface area contributed by atoms with E-state index in [1.165, 1.54) is 18.7 Å². The molecule has 1 aromatic carbocycles. The Bertz CT molecular complexity index is 432. The van der Waals surface area contributed by atoms with E-state index in [2.05, 4.69) is 5.32 Å². The Morgan fingerprint density at radius 2 is 1.72 bits per heavy atom. The molecule has 1 N–H and O–H groups in total. The number of carbonyl (C=O) groups excluding carboxylic acids is 2. The third kappa shape index (κ3) is 4.92. The van der Waals surface area contributed by atoms with E-state index < -0.39 is 0 Å². The summed E-state index contributed by atoms with van der Waals surface area (Å²) in [6.45, 7) is 7.26. The monoisotopic (exact) mass is 265 g/mol. The van der Waals surface area contributed by atoms with Crippen molar-refractivity contribution in [1.82, 2.24) is 0 Å². The van der Waals surface area contributed by atoms with Gasteiger partial charge in [0.2, 0.25) is 5.91 Å². The number of anilines is 1. The summed E-state index contributed by atoms with van der Waals surface area (Å²) < 4.78 is 0. The summed E-state index contributed by atoms with van der Waals surface area (Å²) in [6.07, 6.45) is 0. The van der Waals surface area contributed by atoms with Gasteiger partial charge in [0, 0.05) is 22.9 Å². The molecule has 0 aliphatic carbocycles. The van der Waals surface area contributed by atoms with Crippen LogP contribution in [0.1, 0.15) is 27.7 Å². The number of Topliss-reactive ketones (excluding diaryl/α,β-unsaturated/α-hetero) is 1. The fraction of sp³-hybridized carbons (Fsp3) is 0.429. The predicted molar refractivity (Wildman–Crippen MR) is 75.9 cm³/mol. The standard InChI is InChI=1S/C14H19NO2S/c1-10(16)15-11-5-7-12(8-6-11)18-9-13(17)14(2,3)4/h5-8H,9H2,1-4H3,(H,15,16). The molecule has 3 nitrogen and oxygen atoms in total. The Hall–Kier alpha value is -1.29. The summed E-state index contributed by atoms with van der Waals surface area (Å²) in [5.74, 6) is 0.625. The van der Waals surface area contributed by atoms with E-state index in [1.807, 2.05) is 45.0 Å². The molecule has 0 spiro atoms. The number of benzene rings is 1. The third-order valence-electron chi connectivity index (χ3n) is 2.38. The lowest BCUT2D eigenvalue weighted by molar-refractivity contribution is -0.123. The molecule has 0 atom stereocenters. The molecular formula is C14H19NO2S. The lowest BCUT2D eigenvalue weighted by atomic mass is 9.92. The lowest BCUT2D eigenvalue weighted by Gasteiger charge is -2.15. The van der Waals surface area contributed by atoms with Crippen LogP contribution in [0.2, 0.25) is 0 Å². The maximum Gasteiger partial charge on any atom is 0.221 e. The van der Waals surface area contributed by atoms with E-state index in [9.17, 15) is 9.59 Å². The molecule has 0 unspecified atom stereocenters. The van der Waals surface area contributed by atoms with Gasteiger partial charge in [-0.3, -0.25) is 9.59 Å². The van der Waals surface area contributed by atoms with Gasteiger partial charge in [0.25, 0.3) is 0 Å². The van der Waals surface area contributed by atoms with Gasteiger partial charge in [-0.15, -0.1) is 11.8 Å². The first-order valence-corrected chi connectivity index (χ1v) is 6.81. The number of thioether (sulfide) groups is 1. The van der Waals surface area contributed by atoms with Crippen LogP contribution in [-0.2, 0) is 9.59 Å². The van der Waals surface area contributed by atoms with Crippen molar-refractivity contribution in [3.8, 4) is 0 Å². The van der Waals surface area contributed by atoms with Gasteiger partial charge in [0.15, 0.2) is 0 Å². The van der Waals surface area contributed by atoms with Crippen LogP contribution in [0.25, 0.3) is 0 Å². The highest BCUT2D eigenvalue weighted by molar-refractivity contribution is 8.00. The molecule has 98 valence electrons. The maximum absolute atomic E-state index is 11.8. The quantitative estimate of drug-likeness (QED) is 0.849. The van der Waals surface area contributed by atoms with Crippen molar-refractivity contribution in [3.63, 3.8) is 0 Å². The molecule has 18 heavy (non-hydrogen) atoms. The molecule has 0 aliphatic rings. The number of ketones is 1. The molecule has 0 heterocycles. The van der Waals surface area contributed by atoms with E-state index in [0.29, 0.717) is 5.75 Å². The molecule has 0 saturated heterocycles. The van der Waals surface area contributed by atoms with Gasteiger partial charge < -0.3 is 5.32 Å². The third-order valence-corrected chi connectivity index (χ3v) is 3.39. The second-order valence-electron chi connectivity index (χ2n) is 5.17. The summed E-state index contributed by atoms with van der Waals surface area (Å²) in [6, 6.07) is 7.49. The van der Waals surface area contributed by atoms with Crippen molar-refractivity contribution < 1.29 is 9.59 Å². The molecule has 4 heteroatoms. The molecule has 1 aromatic rings. The topological polar surface area (TPSA) is 46.2 Å². The van der Waals surface area contributed by atoms with Crippen LogP contribution in [0.3, 0.4) is 0 Å². The Labute approximate surface area is 112 Å². The molecule has 0 aromatic heterocycles. The fourth-order valence-electron chi connectivity index (χ4n) is 1.20. The Balaban J connectivity index is 2.54. The number of hydrogen-bond donors (Lipinski definition) is 1. The molecule has 0 fully saturated rings. The van der Waals surface area contributed by atoms with E-state index in [1.54, 1.807) is 0 Å². The van der Waals surface area contributed by atoms with Crippen LogP contribution in [0.5, 0.6) is 0 Å². The van der Waals surface area contributed by atoms with Crippen molar-refractivity contribution in [1.29, 1.82) is 0 Å². The Kier molecular flexibility index (Phi) is 4.96. The Morgan fingerprint density at radius 3 is 2.17 bits per heavy atom. The second-order valence-corrected chi connectivity index (χ2v) is 6.22. The van der Waals surface area contributed by atoms with Gasteiger partial charge >= 0.3 is 0 Å². The van der Waals surface area contributed by atoms with E-state index in [-0.39, 0.29) is 17.1 Å². The van der Waals surface area contributed by atoms with Gasteiger partial charge in [0.05, 0.1) is 5.75 Å². The van der Waals surface area contributed by atoms with E-state index in [0.717, 1.165) is 10.6 Å². The summed E-state index contributed by atoms with van der Waals surface area (Å²) in [5, 5.41) is 2.71. The van der Waals surface area contributed by atoms with Gasteiger partial charge in [0.1, 0.15) is 5.78 Å². The normalized spacial score (nSPS) is 11.1. The van der Waals surface area contributed by atoms with Crippen LogP contribution in [0.4, 0.5) is 5.69 Å². The van der Waals surface area contributed by atoms with Crippen molar-refractivity contribution in [2.45, 2.75) is 32.6 Å². The zero-order valence-electron chi connectivity index (χ0n) is 11.2. The van der Waals surface area contributed by atoms with Gasteiger partial charge in [-0.1, -0.05) is 20.8 Å². The van der Waals surface area contributed by atoms with Crippen LogP contribution in [0.15, 0.2) is 29.2 Å². The average Bonchev–Trinajstić information content (AvgIpc) is 2.25. The summed E-state index contributed by atoms with van der Waals surface area (Å²) in [5.41, 5.74) is 0.484. The van der Waals surface area contributed by atoms with E-state index in [4.69, 9.17) is 0 Å². The van der Waals surface area contributed by atoms with Crippen LogP contribution >= 0.6 is 11.8 Å². The largest absolute Gasteiger partial charge is 0.326 e. The molecule has 0 aliphatic heterocycles. The van der Waals surface area contributed by atoms with E-state index >= 15 is 0 Å². The SMILES string of the molecule is CC(=O)Nc1ccc(SCC(=O)C(C)(C)C)cc1. The number of amides is 1. The minimum Gasteiger partial charge on any atom is -0.326 e. The number of nitrogens with one attached hydrogen (secondary N) is 1. The highest BCUT2D eigenvalue weighted by atomic mass is 32.2. The van der Waals surface area contributed by atoms with Crippen molar-refractivity contribution >= 4 is 29.1 Å². The molecule has 1 amide bonds. The first-order valence-electron chi connectivity index (χ1n) is 5.83. The molecular weight excluding hydrogens is 246 g/mol. The fourth-order valence-corrected chi connectivity index (χ4v) is 2.26. The average molecular weight is 265 g/mol. The number of carbonyl (C=O) groups is 2. The predicted octanol–water partition coefficient (Wildman–Crippen LogP) is 3.35. The zero-order valence-corrected chi connectivity index (χ0v) is 12.1. The number of hydrogen-bond acceptors (Lipinski definition) is 3. The van der Waals surface area contributed by atoms with Crippen molar-refractivity contribution in [2.75, 3.05) is 11.1 Å². The zero-order chi connectivity index (χ0) is 13.8. The smallest absolute Gasteiger partial charge is 0.221 e. The molecule has 1 rings (SSSR count). The number of rotatable bonds is 4. The van der Waals surface area contributed by atoms with Gasteiger partial charge in [-0.25, -0.2) is 0 Å². The molecule has 0 bridgehead atoms. The molecule has 0 saturated carbocycles. The second kappa shape index (κ2) is 6.05. The van der Waals surface area contributed by atoms with Crippen LogP contribution in [-0.4, -0.2) is 17.4 Å².